The molecule has 0 aliphatic heterocycles. The number of nitrogens with zero attached hydrogens (tertiary/aromatic N) is 1. The number of rotatable bonds is 5. The zero-order valence-electron chi connectivity index (χ0n) is 12.0. The van der Waals surface area contributed by atoms with E-state index in [1.165, 1.54) is 11.1 Å². The summed E-state index contributed by atoms with van der Waals surface area (Å²) in [4.78, 5) is 2.65. The van der Waals surface area contributed by atoms with Crippen LogP contribution >= 0.6 is 12.2 Å². The highest BCUT2D eigenvalue weighted by Gasteiger charge is 2.03. The van der Waals surface area contributed by atoms with Crippen molar-refractivity contribution in [1.29, 1.82) is 0 Å². The molecule has 0 aromatic heterocycles. The third-order valence-electron chi connectivity index (χ3n) is 3.44. The van der Waals surface area contributed by atoms with Crippen molar-refractivity contribution >= 4 is 22.9 Å². The minimum absolute atomic E-state index is 0.439. The summed E-state index contributed by atoms with van der Waals surface area (Å²) in [5.74, 6) is 0. The van der Waals surface area contributed by atoms with Crippen LogP contribution in [0.25, 0.3) is 0 Å². The van der Waals surface area contributed by atoms with E-state index in [0.717, 1.165) is 24.2 Å². The Balaban J connectivity index is 2.06. The average Bonchev–Trinajstić information content (AvgIpc) is 2.48. The third-order valence-corrected chi connectivity index (χ3v) is 3.68. The van der Waals surface area contributed by atoms with Gasteiger partial charge in [-0.05, 0) is 41.8 Å². The first kappa shape index (κ1) is 14.5. The van der Waals surface area contributed by atoms with Crippen LogP contribution in [0.3, 0.4) is 0 Å². The Morgan fingerprint density at radius 3 is 2.05 bits per heavy atom. The lowest BCUT2D eigenvalue weighted by atomic mass is 10.1. The molecule has 2 aromatic rings. The molecule has 0 aliphatic rings. The first-order valence-corrected chi connectivity index (χ1v) is 7.20. The van der Waals surface area contributed by atoms with E-state index in [2.05, 4.69) is 55.3 Å². The molecule has 0 fully saturated rings. The van der Waals surface area contributed by atoms with E-state index in [1.54, 1.807) is 0 Å². The predicted octanol–water partition coefficient (Wildman–Crippen LogP) is 3.52. The molecule has 2 nitrogen and oxygen atoms in total. The van der Waals surface area contributed by atoms with Crippen molar-refractivity contribution in [2.24, 2.45) is 5.73 Å². The number of hydrogen-bond donors (Lipinski definition) is 1. The van der Waals surface area contributed by atoms with Crippen LogP contribution < -0.4 is 10.6 Å². The fourth-order valence-corrected chi connectivity index (χ4v) is 2.26. The number of aryl methyl sites for hydroxylation is 1. The van der Waals surface area contributed by atoms with Crippen LogP contribution in [0, 0.1) is 0 Å². The standard InChI is InChI=1S/C17H20N2S/c1-3-13-4-6-14(7-5-13)12-19(2)16-10-8-15(9-11-16)17(18)20/h4-11H,3,12H2,1-2H3,(H2,18,20). The van der Waals surface area contributed by atoms with Crippen molar-refractivity contribution in [1.82, 2.24) is 0 Å². The van der Waals surface area contributed by atoms with Gasteiger partial charge in [-0.2, -0.15) is 0 Å². The van der Waals surface area contributed by atoms with Crippen molar-refractivity contribution in [3.8, 4) is 0 Å². The third kappa shape index (κ3) is 3.58. The minimum Gasteiger partial charge on any atom is -0.389 e. The molecule has 2 rings (SSSR count). The highest BCUT2D eigenvalue weighted by atomic mass is 32.1. The number of anilines is 1. The maximum absolute atomic E-state index is 5.61. The molecule has 20 heavy (non-hydrogen) atoms. The quantitative estimate of drug-likeness (QED) is 0.852. The molecular formula is C17H20N2S. The van der Waals surface area contributed by atoms with E-state index in [1.807, 2.05) is 12.1 Å². The Bertz CT molecular complexity index is 573. The van der Waals surface area contributed by atoms with Gasteiger partial charge in [-0.3, -0.25) is 0 Å². The smallest absolute Gasteiger partial charge is 0.103 e. The Kier molecular flexibility index (Phi) is 4.74. The summed E-state index contributed by atoms with van der Waals surface area (Å²) < 4.78 is 0. The van der Waals surface area contributed by atoms with Gasteiger partial charge in [0, 0.05) is 24.8 Å². The molecule has 0 saturated carbocycles. The summed E-state index contributed by atoms with van der Waals surface area (Å²) in [5, 5.41) is 0. The van der Waals surface area contributed by atoms with Crippen LogP contribution in [-0.2, 0) is 13.0 Å². The van der Waals surface area contributed by atoms with Gasteiger partial charge in [0.25, 0.3) is 0 Å². The van der Waals surface area contributed by atoms with Gasteiger partial charge in [0.15, 0.2) is 0 Å². The van der Waals surface area contributed by atoms with Crippen LogP contribution in [0.1, 0.15) is 23.6 Å². The maximum atomic E-state index is 5.61. The van der Waals surface area contributed by atoms with Crippen molar-refractivity contribution in [2.75, 3.05) is 11.9 Å². The fourth-order valence-electron chi connectivity index (χ4n) is 2.13. The lowest BCUT2D eigenvalue weighted by Crippen LogP contribution is -2.16. The van der Waals surface area contributed by atoms with Gasteiger partial charge < -0.3 is 10.6 Å². The average molecular weight is 284 g/mol. The number of nitrogens with two attached hydrogens (primary N) is 1. The molecule has 0 radical (unpaired) electrons. The van der Waals surface area contributed by atoms with Crippen LogP contribution in [-0.4, -0.2) is 12.0 Å². The van der Waals surface area contributed by atoms with Crippen molar-refractivity contribution in [2.45, 2.75) is 19.9 Å². The molecule has 0 unspecified atom stereocenters. The Morgan fingerprint density at radius 2 is 1.55 bits per heavy atom. The lowest BCUT2D eigenvalue weighted by Gasteiger charge is -2.20. The summed E-state index contributed by atoms with van der Waals surface area (Å²) in [6.07, 6.45) is 1.08. The Hall–Kier alpha value is -1.87. The summed E-state index contributed by atoms with van der Waals surface area (Å²) in [5.41, 5.74) is 10.4. The van der Waals surface area contributed by atoms with Crippen molar-refractivity contribution in [3.63, 3.8) is 0 Å². The van der Waals surface area contributed by atoms with E-state index >= 15 is 0 Å². The monoisotopic (exact) mass is 284 g/mol. The van der Waals surface area contributed by atoms with Gasteiger partial charge >= 0.3 is 0 Å². The van der Waals surface area contributed by atoms with E-state index in [-0.39, 0.29) is 0 Å². The molecule has 0 aliphatic carbocycles. The normalized spacial score (nSPS) is 10.3. The minimum atomic E-state index is 0.439. The van der Waals surface area contributed by atoms with E-state index < -0.39 is 0 Å². The second-order valence-electron chi connectivity index (χ2n) is 4.94. The fraction of sp³-hybridized carbons (Fsp3) is 0.235. The lowest BCUT2D eigenvalue weighted by molar-refractivity contribution is 0.921. The molecule has 0 amide bonds. The summed E-state index contributed by atoms with van der Waals surface area (Å²) in [6.45, 7) is 3.06. The molecular weight excluding hydrogens is 264 g/mol. The number of thiocarbonyl (C=S) groups is 1. The molecule has 3 heteroatoms. The molecule has 0 spiro atoms. The number of hydrogen-bond acceptors (Lipinski definition) is 2. The van der Waals surface area contributed by atoms with Gasteiger partial charge in [0.2, 0.25) is 0 Å². The van der Waals surface area contributed by atoms with Crippen LogP contribution in [0.5, 0.6) is 0 Å². The molecule has 2 N–H and O–H groups in total. The second-order valence-corrected chi connectivity index (χ2v) is 5.38. The van der Waals surface area contributed by atoms with Gasteiger partial charge in [-0.25, -0.2) is 0 Å². The maximum Gasteiger partial charge on any atom is 0.103 e. The molecule has 0 bridgehead atoms. The topological polar surface area (TPSA) is 29.3 Å². The molecule has 0 atom stereocenters. The first-order valence-electron chi connectivity index (χ1n) is 6.79. The van der Waals surface area contributed by atoms with Crippen LogP contribution in [0.4, 0.5) is 5.69 Å². The summed E-state index contributed by atoms with van der Waals surface area (Å²) in [7, 11) is 2.09. The van der Waals surface area contributed by atoms with E-state index in [0.29, 0.717) is 4.99 Å². The Morgan fingerprint density at radius 1 is 1.00 bits per heavy atom. The molecule has 2 aromatic carbocycles. The highest BCUT2D eigenvalue weighted by Crippen LogP contribution is 2.17. The first-order chi connectivity index (χ1) is 9.60. The van der Waals surface area contributed by atoms with E-state index in [4.69, 9.17) is 18.0 Å². The summed E-state index contributed by atoms with van der Waals surface area (Å²) in [6, 6.07) is 16.8. The van der Waals surface area contributed by atoms with Crippen LogP contribution in [0.2, 0.25) is 0 Å². The van der Waals surface area contributed by atoms with Crippen molar-refractivity contribution < 1.29 is 0 Å². The second kappa shape index (κ2) is 6.53. The van der Waals surface area contributed by atoms with Crippen LogP contribution in [0.15, 0.2) is 48.5 Å². The molecule has 0 heterocycles. The molecule has 0 saturated heterocycles. The predicted molar refractivity (Wildman–Crippen MR) is 90.3 cm³/mol. The van der Waals surface area contributed by atoms with Gasteiger partial charge in [0.1, 0.15) is 4.99 Å². The number of benzene rings is 2. The molecule has 104 valence electrons. The van der Waals surface area contributed by atoms with Gasteiger partial charge in [-0.1, -0.05) is 43.4 Å². The Labute approximate surface area is 126 Å². The largest absolute Gasteiger partial charge is 0.389 e. The van der Waals surface area contributed by atoms with Gasteiger partial charge in [0.05, 0.1) is 0 Å². The van der Waals surface area contributed by atoms with Crippen molar-refractivity contribution in [3.05, 3.63) is 65.2 Å². The highest BCUT2D eigenvalue weighted by molar-refractivity contribution is 7.80. The van der Waals surface area contributed by atoms with Gasteiger partial charge in [-0.15, -0.1) is 0 Å². The summed E-state index contributed by atoms with van der Waals surface area (Å²) >= 11 is 4.96. The zero-order valence-corrected chi connectivity index (χ0v) is 12.8. The SMILES string of the molecule is CCc1ccc(CN(C)c2ccc(C(N)=S)cc2)cc1. The van der Waals surface area contributed by atoms with E-state index in [9.17, 15) is 0 Å². The zero-order chi connectivity index (χ0) is 14.5.